The summed E-state index contributed by atoms with van der Waals surface area (Å²) in [6, 6.07) is 13.8. The second-order valence-corrected chi connectivity index (χ2v) is 4.86. The molecule has 106 valence electrons. The van der Waals surface area contributed by atoms with E-state index in [1.807, 2.05) is 36.4 Å². The molecule has 0 saturated heterocycles. The van der Waals surface area contributed by atoms with Crippen LogP contribution in [0.25, 0.3) is 0 Å². The second kappa shape index (κ2) is 6.97. The largest absolute Gasteiger partial charge is 0.454 e. The van der Waals surface area contributed by atoms with E-state index in [0.29, 0.717) is 6.79 Å². The summed E-state index contributed by atoms with van der Waals surface area (Å²) in [4.78, 5) is 0. The van der Waals surface area contributed by atoms with Crippen molar-refractivity contribution < 1.29 is 9.47 Å². The fourth-order valence-electron chi connectivity index (χ4n) is 2.05. The molecule has 0 atom stereocenters. The van der Waals surface area contributed by atoms with Gasteiger partial charge in [-0.15, -0.1) is 17.0 Å². The summed E-state index contributed by atoms with van der Waals surface area (Å²) in [5.41, 5.74) is 2.35. The van der Waals surface area contributed by atoms with Gasteiger partial charge in [0, 0.05) is 18.1 Å². The Labute approximate surface area is 133 Å². The van der Waals surface area contributed by atoms with Crippen LogP contribution < -0.4 is 14.8 Å². The van der Waals surface area contributed by atoms with Crippen LogP contribution >= 0.6 is 28.6 Å². The number of nitrogens with one attached hydrogen (secondary N) is 1. The lowest BCUT2D eigenvalue weighted by Crippen LogP contribution is -2.12. The van der Waals surface area contributed by atoms with Crippen LogP contribution in [0.15, 0.2) is 42.5 Å². The smallest absolute Gasteiger partial charge is 0.231 e. The molecule has 3 nitrogen and oxygen atoms in total. The van der Waals surface area contributed by atoms with Crippen molar-refractivity contribution in [2.24, 2.45) is 0 Å². The van der Waals surface area contributed by atoms with Crippen molar-refractivity contribution in [3.63, 3.8) is 0 Å². The molecule has 2 aromatic carbocycles. The first-order valence-corrected chi connectivity index (χ1v) is 6.53. The number of ether oxygens (including phenoxy) is 2. The Kier molecular flexibility index (Phi) is 5.29. The predicted molar refractivity (Wildman–Crippen MR) is 84.9 cm³/mol. The maximum absolute atomic E-state index is 5.95. The van der Waals surface area contributed by atoms with Crippen LogP contribution in [-0.4, -0.2) is 6.79 Å². The Bertz CT molecular complexity index is 592. The molecular weight excluding hydrogens is 342 g/mol. The third-order valence-corrected chi connectivity index (χ3v) is 3.22. The van der Waals surface area contributed by atoms with Crippen LogP contribution in [0.2, 0.25) is 5.02 Å². The Morgan fingerprint density at radius 3 is 2.50 bits per heavy atom. The van der Waals surface area contributed by atoms with Crippen molar-refractivity contribution in [2.75, 3.05) is 6.79 Å². The molecule has 0 amide bonds. The normalized spacial score (nSPS) is 12.1. The molecule has 0 bridgehead atoms. The van der Waals surface area contributed by atoms with Gasteiger partial charge in [-0.05, 0) is 35.4 Å². The highest BCUT2D eigenvalue weighted by Gasteiger charge is 2.12. The van der Waals surface area contributed by atoms with E-state index in [1.54, 1.807) is 0 Å². The summed E-state index contributed by atoms with van der Waals surface area (Å²) >= 11 is 5.95. The number of hydrogen-bond donors (Lipinski definition) is 1. The van der Waals surface area contributed by atoms with Gasteiger partial charge in [0.15, 0.2) is 11.5 Å². The lowest BCUT2D eigenvalue weighted by molar-refractivity contribution is 0.174. The first kappa shape index (κ1) is 15.2. The molecule has 0 spiro atoms. The maximum Gasteiger partial charge on any atom is 0.231 e. The molecule has 1 aliphatic heterocycles. The molecule has 0 aromatic heterocycles. The van der Waals surface area contributed by atoms with Crippen LogP contribution in [0.3, 0.4) is 0 Å². The molecule has 1 N–H and O–H groups in total. The van der Waals surface area contributed by atoms with Gasteiger partial charge in [-0.1, -0.05) is 29.8 Å². The Hall–Kier alpha value is -1.23. The average Bonchev–Trinajstić information content (AvgIpc) is 2.86. The maximum atomic E-state index is 5.95. The zero-order chi connectivity index (χ0) is 13.1. The minimum absolute atomic E-state index is 0. The van der Waals surface area contributed by atoms with E-state index in [-0.39, 0.29) is 17.0 Å². The Morgan fingerprint density at radius 1 is 0.950 bits per heavy atom. The number of fused-ring (bicyclic) bond motifs is 1. The number of benzene rings is 2. The Morgan fingerprint density at radius 2 is 1.70 bits per heavy atom. The summed E-state index contributed by atoms with van der Waals surface area (Å²) < 4.78 is 10.6. The number of hydrogen-bond acceptors (Lipinski definition) is 3. The molecule has 0 fully saturated rings. The lowest BCUT2D eigenvalue weighted by Gasteiger charge is -2.06. The summed E-state index contributed by atoms with van der Waals surface area (Å²) in [6.07, 6.45) is 0. The Balaban J connectivity index is 0.00000147. The van der Waals surface area contributed by atoms with Gasteiger partial charge in [0.2, 0.25) is 6.79 Å². The van der Waals surface area contributed by atoms with Gasteiger partial charge in [0.25, 0.3) is 0 Å². The van der Waals surface area contributed by atoms with Crippen LogP contribution in [0.1, 0.15) is 11.1 Å². The second-order valence-electron chi connectivity index (χ2n) is 4.42. The fraction of sp³-hybridized carbons (Fsp3) is 0.200. The van der Waals surface area contributed by atoms with E-state index in [9.17, 15) is 0 Å². The first-order valence-electron chi connectivity index (χ1n) is 6.15. The summed E-state index contributed by atoms with van der Waals surface area (Å²) in [6.45, 7) is 1.88. The monoisotopic (exact) mass is 355 g/mol. The zero-order valence-electron chi connectivity index (χ0n) is 10.8. The quantitative estimate of drug-likeness (QED) is 0.900. The van der Waals surface area contributed by atoms with Crippen molar-refractivity contribution in [3.8, 4) is 11.5 Å². The van der Waals surface area contributed by atoms with Gasteiger partial charge >= 0.3 is 0 Å². The number of rotatable bonds is 4. The van der Waals surface area contributed by atoms with E-state index < -0.39 is 0 Å². The fourth-order valence-corrected chi connectivity index (χ4v) is 2.26. The number of halogens is 2. The van der Waals surface area contributed by atoms with E-state index >= 15 is 0 Å². The van der Waals surface area contributed by atoms with Crippen LogP contribution in [0.5, 0.6) is 11.5 Å². The zero-order valence-corrected chi connectivity index (χ0v) is 13.2. The average molecular weight is 357 g/mol. The van der Waals surface area contributed by atoms with Crippen LogP contribution in [-0.2, 0) is 13.1 Å². The minimum atomic E-state index is 0. The molecule has 0 radical (unpaired) electrons. The molecule has 3 rings (SSSR count). The van der Waals surface area contributed by atoms with E-state index in [0.717, 1.165) is 29.6 Å². The van der Waals surface area contributed by atoms with E-state index in [2.05, 4.69) is 11.4 Å². The van der Waals surface area contributed by atoms with Gasteiger partial charge in [0.05, 0.1) is 0 Å². The minimum Gasteiger partial charge on any atom is -0.454 e. The van der Waals surface area contributed by atoms with Crippen molar-refractivity contribution in [3.05, 3.63) is 58.6 Å². The first-order chi connectivity index (χ1) is 9.31. The molecule has 1 heterocycles. The highest BCUT2D eigenvalue weighted by Crippen LogP contribution is 2.32. The van der Waals surface area contributed by atoms with E-state index in [4.69, 9.17) is 21.1 Å². The highest BCUT2D eigenvalue weighted by atomic mass is 79.9. The van der Waals surface area contributed by atoms with E-state index in [1.165, 1.54) is 11.1 Å². The van der Waals surface area contributed by atoms with Gasteiger partial charge in [-0.3, -0.25) is 0 Å². The van der Waals surface area contributed by atoms with Crippen molar-refractivity contribution >= 4 is 28.6 Å². The SMILES string of the molecule is Br.Clc1cccc(CNCc2ccc3c(c2)OCO3)c1. The molecule has 2 aromatic rings. The standard InChI is InChI=1S/C15H14ClNO2.BrH/c16-13-3-1-2-11(6-13)8-17-9-12-4-5-14-15(7-12)19-10-18-14;/h1-7,17H,8-10H2;1H. The molecule has 0 unspecified atom stereocenters. The molecule has 0 aliphatic carbocycles. The van der Waals surface area contributed by atoms with Gasteiger partial charge in [-0.25, -0.2) is 0 Å². The van der Waals surface area contributed by atoms with Crippen molar-refractivity contribution in [2.45, 2.75) is 13.1 Å². The van der Waals surface area contributed by atoms with Gasteiger partial charge in [0.1, 0.15) is 0 Å². The van der Waals surface area contributed by atoms with Crippen molar-refractivity contribution in [1.82, 2.24) is 5.32 Å². The lowest BCUT2D eigenvalue weighted by atomic mass is 10.2. The summed E-state index contributed by atoms with van der Waals surface area (Å²) in [5.74, 6) is 1.64. The van der Waals surface area contributed by atoms with Gasteiger partial charge < -0.3 is 14.8 Å². The highest BCUT2D eigenvalue weighted by molar-refractivity contribution is 8.93. The molecule has 5 heteroatoms. The summed E-state index contributed by atoms with van der Waals surface area (Å²) in [7, 11) is 0. The summed E-state index contributed by atoms with van der Waals surface area (Å²) in [5, 5.41) is 4.15. The predicted octanol–water partition coefficient (Wildman–Crippen LogP) is 3.94. The van der Waals surface area contributed by atoms with Gasteiger partial charge in [-0.2, -0.15) is 0 Å². The molecular formula is C15H15BrClNO2. The molecule has 0 saturated carbocycles. The topological polar surface area (TPSA) is 30.5 Å². The third-order valence-electron chi connectivity index (χ3n) is 2.98. The van der Waals surface area contributed by atoms with Crippen LogP contribution in [0, 0.1) is 0 Å². The van der Waals surface area contributed by atoms with Crippen LogP contribution in [0.4, 0.5) is 0 Å². The molecule has 1 aliphatic rings. The third kappa shape index (κ3) is 3.66. The molecule has 20 heavy (non-hydrogen) atoms. The van der Waals surface area contributed by atoms with Crippen molar-refractivity contribution in [1.29, 1.82) is 0 Å².